The van der Waals surface area contributed by atoms with Crippen molar-refractivity contribution < 1.29 is 9.72 Å². The molecule has 1 aromatic heterocycles. The minimum Gasteiger partial charge on any atom is -0.342 e. The van der Waals surface area contributed by atoms with Crippen LogP contribution in [0.2, 0.25) is 0 Å². The van der Waals surface area contributed by atoms with E-state index in [1.54, 1.807) is 12.1 Å². The molecule has 1 saturated heterocycles. The molecule has 0 bridgehead atoms. The summed E-state index contributed by atoms with van der Waals surface area (Å²) < 4.78 is 0. The van der Waals surface area contributed by atoms with Crippen LogP contribution in [0.3, 0.4) is 0 Å². The summed E-state index contributed by atoms with van der Waals surface area (Å²) >= 11 is 0. The molecule has 1 aliphatic heterocycles. The van der Waals surface area contributed by atoms with Gasteiger partial charge < -0.3 is 10.3 Å². The average Bonchev–Trinajstić information content (AvgIpc) is 3.11. The van der Waals surface area contributed by atoms with Crippen LogP contribution in [0, 0.1) is 17.0 Å². The van der Waals surface area contributed by atoms with Gasteiger partial charge in [-0.15, -0.1) is 0 Å². The lowest BCUT2D eigenvalue weighted by Gasteiger charge is -2.30. The maximum Gasteiger partial charge on any atom is 0.271 e. The lowest BCUT2D eigenvalue weighted by Crippen LogP contribution is -2.38. The van der Waals surface area contributed by atoms with E-state index in [2.05, 4.69) is 34.3 Å². The number of benzene rings is 2. The Bertz CT molecular complexity index is 1050. The highest BCUT2D eigenvalue weighted by atomic mass is 16.6. The maximum atomic E-state index is 12.3. The zero-order valence-electron chi connectivity index (χ0n) is 16.2. The number of fused-ring (bicyclic) bond motifs is 1. The summed E-state index contributed by atoms with van der Waals surface area (Å²) in [4.78, 5) is 33.0. The molecule has 0 unspecified atom stereocenters. The Kier molecular flexibility index (Phi) is 5.26. The van der Waals surface area contributed by atoms with Crippen molar-refractivity contribution in [2.24, 2.45) is 0 Å². The second-order valence-electron chi connectivity index (χ2n) is 7.55. The first-order chi connectivity index (χ1) is 14.0. The number of nitro groups is 1. The van der Waals surface area contributed by atoms with Crippen molar-refractivity contribution in [2.75, 3.05) is 25.0 Å². The third kappa shape index (κ3) is 4.43. The number of non-ortho nitro benzene ring substituents is 1. The fourth-order valence-electron chi connectivity index (χ4n) is 3.80. The molecule has 2 N–H and O–H groups in total. The largest absolute Gasteiger partial charge is 0.342 e. The molecule has 1 fully saturated rings. The molecule has 4 rings (SSSR count). The number of nitrogens with one attached hydrogen (secondary N) is 2. The van der Waals surface area contributed by atoms with Gasteiger partial charge in [-0.2, -0.15) is 0 Å². The van der Waals surface area contributed by atoms with E-state index < -0.39 is 4.92 Å². The van der Waals surface area contributed by atoms with Crippen LogP contribution in [0.5, 0.6) is 0 Å². The van der Waals surface area contributed by atoms with Crippen LogP contribution in [0.4, 0.5) is 11.4 Å². The van der Waals surface area contributed by atoms with Crippen LogP contribution in [0.25, 0.3) is 11.0 Å². The fourth-order valence-corrected chi connectivity index (χ4v) is 3.80. The number of nitro benzene ring substituents is 1. The summed E-state index contributed by atoms with van der Waals surface area (Å²) in [6.07, 6.45) is 1.87. The molecule has 2 aromatic carbocycles. The Balaban J connectivity index is 1.31. The first kappa shape index (κ1) is 19.1. The van der Waals surface area contributed by atoms with Crippen LogP contribution < -0.4 is 5.32 Å². The van der Waals surface area contributed by atoms with Crippen molar-refractivity contribution >= 4 is 28.3 Å². The monoisotopic (exact) mass is 393 g/mol. The summed E-state index contributed by atoms with van der Waals surface area (Å²) in [6.45, 7) is 3.96. The van der Waals surface area contributed by atoms with E-state index in [-0.39, 0.29) is 18.1 Å². The highest BCUT2D eigenvalue weighted by molar-refractivity contribution is 5.92. The highest BCUT2D eigenvalue weighted by Crippen LogP contribution is 2.28. The molecule has 0 aliphatic carbocycles. The number of hydrogen-bond acceptors (Lipinski definition) is 5. The summed E-state index contributed by atoms with van der Waals surface area (Å²) in [7, 11) is 0. The second kappa shape index (κ2) is 8.00. The topological polar surface area (TPSA) is 104 Å². The molecule has 150 valence electrons. The Morgan fingerprint density at radius 2 is 2.07 bits per heavy atom. The van der Waals surface area contributed by atoms with Gasteiger partial charge in [0.1, 0.15) is 5.82 Å². The first-order valence-electron chi connectivity index (χ1n) is 9.71. The predicted molar refractivity (Wildman–Crippen MR) is 111 cm³/mol. The van der Waals surface area contributed by atoms with E-state index in [9.17, 15) is 14.9 Å². The van der Waals surface area contributed by atoms with Crippen molar-refractivity contribution in [3.8, 4) is 0 Å². The molecule has 8 heteroatoms. The molecule has 1 aliphatic rings. The lowest BCUT2D eigenvalue weighted by atomic mass is 9.96. The number of carbonyl (C=O) groups excluding carboxylic acids is 1. The van der Waals surface area contributed by atoms with Gasteiger partial charge in [-0.05, 0) is 56.6 Å². The van der Waals surface area contributed by atoms with Crippen LogP contribution in [-0.4, -0.2) is 45.3 Å². The summed E-state index contributed by atoms with van der Waals surface area (Å²) in [5.41, 5.74) is 3.67. The Hall–Kier alpha value is -3.26. The van der Waals surface area contributed by atoms with Crippen molar-refractivity contribution in [3.05, 3.63) is 64.0 Å². The number of piperidine rings is 1. The Labute approximate surface area is 168 Å². The van der Waals surface area contributed by atoms with Gasteiger partial charge in [0.25, 0.3) is 5.69 Å². The van der Waals surface area contributed by atoms with Crippen LogP contribution in [-0.2, 0) is 4.79 Å². The van der Waals surface area contributed by atoms with Crippen molar-refractivity contribution in [1.29, 1.82) is 0 Å². The zero-order chi connectivity index (χ0) is 20.4. The number of hydrogen-bond donors (Lipinski definition) is 2. The number of likely N-dealkylation sites (tertiary alicyclic amines) is 1. The molecular weight excluding hydrogens is 370 g/mol. The van der Waals surface area contributed by atoms with Gasteiger partial charge in [0.15, 0.2) is 0 Å². The van der Waals surface area contributed by atoms with E-state index >= 15 is 0 Å². The van der Waals surface area contributed by atoms with Gasteiger partial charge in [0, 0.05) is 23.7 Å². The number of aromatic nitrogens is 2. The number of anilines is 1. The van der Waals surface area contributed by atoms with E-state index in [0.717, 1.165) is 42.8 Å². The molecule has 8 nitrogen and oxygen atoms in total. The first-order valence-corrected chi connectivity index (χ1v) is 9.71. The van der Waals surface area contributed by atoms with Crippen LogP contribution in [0.15, 0.2) is 42.5 Å². The van der Waals surface area contributed by atoms with Crippen LogP contribution in [0.1, 0.15) is 30.1 Å². The SMILES string of the molecule is Cc1ccc2nc(C3CCN(CC(=O)Nc4cccc([N+](=O)[O-])c4)CC3)[nH]c2c1. The molecule has 2 heterocycles. The number of carbonyl (C=O) groups is 1. The zero-order valence-corrected chi connectivity index (χ0v) is 16.2. The van der Waals surface area contributed by atoms with Gasteiger partial charge in [-0.25, -0.2) is 4.98 Å². The van der Waals surface area contributed by atoms with E-state index in [1.807, 2.05) is 6.07 Å². The Morgan fingerprint density at radius 1 is 1.28 bits per heavy atom. The van der Waals surface area contributed by atoms with Gasteiger partial charge in [0.2, 0.25) is 5.91 Å². The third-order valence-electron chi connectivity index (χ3n) is 5.34. The third-order valence-corrected chi connectivity index (χ3v) is 5.34. The molecule has 29 heavy (non-hydrogen) atoms. The fraction of sp³-hybridized carbons (Fsp3) is 0.333. The number of nitrogens with zero attached hydrogens (tertiary/aromatic N) is 3. The van der Waals surface area contributed by atoms with Crippen LogP contribution >= 0.6 is 0 Å². The molecule has 0 spiro atoms. The number of amides is 1. The van der Waals surface area contributed by atoms with E-state index in [4.69, 9.17) is 4.98 Å². The smallest absolute Gasteiger partial charge is 0.271 e. The van der Waals surface area contributed by atoms with Crippen molar-refractivity contribution in [2.45, 2.75) is 25.7 Å². The normalized spacial score (nSPS) is 15.5. The standard InChI is InChI=1S/C21H23N5O3/c1-14-5-6-18-19(11-14)24-21(23-18)15-7-9-25(10-8-15)13-20(27)22-16-3-2-4-17(12-16)26(28)29/h2-6,11-12,15H,7-10,13H2,1H3,(H,22,27)(H,23,24). The van der Waals surface area contributed by atoms with Gasteiger partial charge in [0.05, 0.1) is 22.5 Å². The maximum absolute atomic E-state index is 12.3. The van der Waals surface area contributed by atoms with Gasteiger partial charge in [-0.3, -0.25) is 19.8 Å². The minimum absolute atomic E-state index is 0.0374. The quantitative estimate of drug-likeness (QED) is 0.509. The number of imidazole rings is 1. The number of rotatable bonds is 5. The summed E-state index contributed by atoms with van der Waals surface area (Å²) in [6, 6.07) is 12.2. The number of H-pyrrole nitrogens is 1. The van der Waals surface area contributed by atoms with E-state index in [0.29, 0.717) is 11.6 Å². The lowest BCUT2D eigenvalue weighted by molar-refractivity contribution is -0.384. The van der Waals surface area contributed by atoms with Crippen molar-refractivity contribution in [3.63, 3.8) is 0 Å². The van der Waals surface area contributed by atoms with Gasteiger partial charge >= 0.3 is 0 Å². The van der Waals surface area contributed by atoms with Gasteiger partial charge in [-0.1, -0.05) is 12.1 Å². The molecule has 0 saturated carbocycles. The predicted octanol–water partition coefficient (Wildman–Crippen LogP) is 3.60. The van der Waals surface area contributed by atoms with Crippen molar-refractivity contribution in [1.82, 2.24) is 14.9 Å². The highest BCUT2D eigenvalue weighted by Gasteiger charge is 2.24. The summed E-state index contributed by atoms with van der Waals surface area (Å²) in [5.74, 6) is 1.22. The molecule has 3 aromatic rings. The number of aryl methyl sites for hydroxylation is 1. The molecule has 1 amide bonds. The second-order valence-corrected chi connectivity index (χ2v) is 7.55. The molecule has 0 atom stereocenters. The minimum atomic E-state index is -0.472. The Morgan fingerprint density at radius 3 is 2.83 bits per heavy atom. The number of aromatic amines is 1. The molecule has 0 radical (unpaired) electrons. The van der Waals surface area contributed by atoms with E-state index in [1.165, 1.54) is 17.7 Å². The molecular formula is C21H23N5O3. The summed E-state index contributed by atoms with van der Waals surface area (Å²) in [5, 5.41) is 13.6. The average molecular weight is 393 g/mol.